The van der Waals surface area contributed by atoms with Crippen molar-refractivity contribution in [1.82, 2.24) is 15.5 Å². The Hall–Kier alpha value is -4.26. The molecule has 0 atom stereocenters. The van der Waals surface area contributed by atoms with Gasteiger partial charge in [-0.1, -0.05) is 78.0 Å². The molecule has 4 aromatic rings. The van der Waals surface area contributed by atoms with E-state index in [2.05, 4.69) is 15.5 Å². The Bertz CT molecular complexity index is 1160. The van der Waals surface area contributed by atoms with Crippen LogP contribution < -0.4 is 5.32 Å². The molecule has 0 bridgehead atoms. The van der Waals surface area contributed by atoms with Gasteiger partial charge in [0.15, 0.2) is 6.61 Å². The molecule has 154 valence electrons. The fraction of sp³-hybridized carbons (Fsp3) is 0.0833. The second-order valence-electron chi connectivity index (χ2n) is 6.66. The maximum atomic E-state index is 12.3. The zero-order valence-electron chi connectivity index (χ0n) is 16.5. The summed E-state index contributed by atoms with van der Waals surface area (Å²) >= 11 is 0. The summed E-state index contributed by atoms with van der Waals surface area (Å²) in [5, 5.41) is 6.41. The van der Waals surface area contributed by atoms with Crippen LogP contribution in [0.5, 0.6) is 0 Å². The Labute approximate surface area is 178 Å². The standard InChI is InChI=1S/C24H19N3O4/c28-22(30-16-21-26-23(27-31-21)19-9-5-2-6-10-19)15-25-24(29)20-13-11-18(12-14-20)17-7-3-1-4-8-17/h1-14H,15-16H2,(H,25,29). The van der Waals surface area contributed by atoms with Crippen molar-refractivity contribution < 1.29 is 18.8 Å². The number of benzene rings is 3. The van der Waals surface area contributed by atoms with Crippen LogP contribution in [0.3, 0.4) is 0 Å². The predicted octanol–water partition coefficient (Wildman–Crippen LogP) is 3.88. The van der Waals surface area contributed by atoms with Gasteiger partial charge in [0, 0.05) is 11.1 Å². The topological polar surface area (TPSA) is 94.3 Å². The minimum atomic E-state index is -0.603. The van der Waals surface area contributed by atoms with Crippen molar-refractivity contribution in [3.8, 4) is 22.5 Å². The number of hydrogen-bond donors (Lipinski definition) is 1. The van der Waals surface area contributed by atoms with E-state index in [4.69, 9.17) is 9.26 Å². The summed E-state index contributed by atoms with van der Waals surface area (Å²) in [4.78, 5) is 28.4. The third kappa shape index (κ3) is 5.22. The molecule has 1 N–H and O–H groups in total. The summed E-state index contributed by atoms with van der Waals surface area (Å²) < 4.78 is 10.2. The van der Waals surface area contributed by atoms with Gasteiger partial charge in [-0.05, 0) is 23.3 Å². The van der Waals surface area contributed by atoms with E-state index in [-0.39, 0.29) is 24.9 Å². The summed E-state index contributed by atoms with van der Waals surface area (Å²) in [6.07, 6.45) is 0. The van der Waals surface area contributed by atoms with Crippen molar-refractivity contribution in [2.45, 2.75) is 6.61 Å². The molecule has 3 aromatic carbocycles. The molecule has 1 amide bonds. The molecule has 0 aliphatic carbocycles. The van der Waals surface area contributed by atoms with Gasteiger partial charge in [-0.3, -0.25) is 9.59 Å². The zero-order valence-corrected chi connectivity index (χ0v) is 16.5. The molecule has 7 heteroatoms. The first-order chi connectivity index (χ1) is 15.2. The second-order valence-corrected chi connectivity index (χ2v) is 6.66. The van der Waals surface area contributed by atoms with Gasteiger partial charge >= 0.3 is 5.97 Å². The van der Waals surface area contributed by atoms with Crippen molar-refractivity contribution in [1.29, 1.82) is 0 Å². The Morgan fingerprint density at radius 1 is 0.806 bits per heavy atom. The molecule has 1 heterocycles. The molecule has 31 heavy (non-hydrogen) atoms. The fourth-order valence-electron chi connectivity index (χ4n) is 2.91. The zero-order chi connectivity index (χ0) is 21.5. The van der Waals surface area contributed by atoms with E-state index in [1.165, 1.54) is 0 Å². The van der Waals surface area contributed by atoms with Crippen LogP contribution in [-0.4, -0.2) is 28.6 Å². The average Bonchev–Trinajstić information content (AvgIpc) is 3.31. The van der Waals surface area contributed by atoms with E-state index in [1.54, 1.807) is 12.1 Å². The van der Waals surface area contributed by atoms with E-state index in [0.29, 0.717) is 11.4 Å². The quantitative estimate of drug-likeness (QED) is 0.462. The number of amides is 1. The highest BCUT2D eigenvalue weighted by Gasteiger charge is 2.13. The van der Waals surface area contributed by atoms with Gasteiger partial charge in [0.05, 0.1) is 0 Å². The lowest BCUT2D eigenvalue weighted by Gasteiger charge is -2.06. The summed E-state index contributed by atoms with van der Waals surface area (Å²) in [6, 6.07) is 26.3. The van der Waals surface area contributed by atoms with Gasteiger partial charge in [-0.25, -0.2) is 0 Å². The largest absolute Gasteiger partial charge is 0.454 e. The lowest BCUT2D eigenvalue weighted by Crippen LogP contribution is -2.30. The smallest absolute Gasteiger partial charge is 0.325 e. The Morgan fingerprint density at radius 3 is 2.10 bits per heavy atom. The maximum absolute atomic E-state index is 12.3. The number of rotatable bonds is 7. The van der Waals surface area contributed by atoms with Crippen molar-refractivity contribution in [2.24, 2.45) is 0 Å². The van der Waals surface area contributed by atoms with Crippen molar-refractivity contribution >= 4 is 11.9 Å². The van der Waals surface area contributed by atoms with Gasteiger partial charge in [-0.15, -0.1) is 0 Å². The molecule has 0 radical (unpaired) electrons. The van der Waals surface area contributed by atoms with Gasteiger partial charge in [0.25, 0.3) is 11.8 Å². The molecular weight excluding hydrogens is 394 g/mol. The van der Waals surface area contributed by atoms with Crippen molar-refractivity contribution in [3.63, 3.8) is 0 Å². The molecule has 0 fully saturated rings. The molecule has 4 rings (SSSR count). The van der Waals surface area contributed by atoms with Crippen molar-refractivity contribution in [3.05, 3.63) is 96.4 Å². The Morgan fingerprint density at radius 2 is 1.42 bits per heavy atom. The Balaban J connectivity index is 1.25. The molecule has 7 nitrogen and oxygen atoms in total. The maximum Gasteiger partial charge on any atom is 0.325 e. The number of esters is 1. The summed E-state index contributed by atoms with van der Waals surface area (Å²) in [7, 11) is 0. The van der Waals surface area contributed by atoms with E-state index >= 15 is 0 Å². The summed E-state index contributed by atoms with van der Waals surface area (Å²) in [5.41, 5.74) is 3.33. The molecule has 0 aliphatic heterocycles. The highest BCUT2D eigenvalue weighted by molar-refractivity contribution is 5.96. The van der Waals surface area contributed by atoms with Gasteiger partial charge in [0.1, 0.15) is 6.54 Å². The van der Waals surface area contributed by atoms with Crippen LogP contribution in [0.4, 0.5) is 0 Å². The first-order valence-electron chi connectivity index (χ1n) is 9.66. The number of nitrogens with one attached hydrogen (secondary N) is 1. The normalized spacial score (nSPS) is 10.5. The van der Waals surface area contributed by atoms with E-state index < -0.39 is 5.97 Å². The van der Waals surface area contributed by atoms with Crippen LogP contribution in [-0.2, 0) is 16.1 Å². The van der Waals surface area contributed by atoms with Crippen LogP contribution in [0.15, 0.2) is 89.5 Å². The molecule has 1 aromatic heterocycles. The first-order valence-corrected chi connectivity index (χ1v) is 9.66. The monoisotopic (exact) mass is 413 g/mol. The number of nitrogens with zero attached hydrogens (tertiary/aromatic N) is 2. The van der Waals surface area contributed by atoms with Gasteiger partial charge < -0.3 is 14.6 Å². The van der Waals surface area contributed by atoms with Crippen molar-refractivity contribution in [2.75, 3.05) is 6.54 Å². The second kappa shape index (κ2) is 9.49. The minimum absolute atomic E-state index is 0.166. The third-order valence-corrected chi connectivity index (χ3v) is 4.50. The van der Waals surface area contributed by atoms with Crippen LogP contribution in [0.25, 0.3) is 22.5 Å². The predicted molar refractivity (Wildman–Crippen MR) is 114 cm³/mol. The number of hydrogen-bond acceptors (Lipinski definition) is 6. The Kier molecular flexibility index (Phi) is 6.13. The SMILES string of the molecule is O=C(CNC(=O)c1ccc(-c2ccccc2)cc1)OCc1nc(-c2ccccc2)no1. The first kappa shape index (κ1) is 20.0. The van der Waals surface area contributed by atoms with Crippen LogP contribution in [0.1, 0.15) is 16.2 Å². The highest BCUT2D eigenvalue weighted by Crippen LogP contribution is 2.19. The molecular formula is C24H19N3O4. The fourth-order valence-corrected chi connectivity index (χ4v) is 2.91. The highest BCUT2D eigenvalue weighted by atomic mass is 16.6. The molecule has 0 spiro atoms. The average molecular weight is 413 g/mol. The number of ether oxygens (including phenoxy) is 1. The van der Waals surface area contributed by atoms with Crippen LogP contribution in [0, 0.1) is 0 Å². The van der Waals surface area contributed by atoms with Gasteiger partial charge in [0.2, 0.25) is 5.82 Å². The van der Waals surface area contributed by atoms with E-state index in [9.17, 15) is 9.59 Å². The number of carbonyl (C=O) groups excluding carboxylic acids is 2. The van der Waals surface area contributed by atoms with Crippen LogP contribution in [0.2, 0.25) is 0 Å². The number of carbonyl (C=O) groups is 2. The van der Waals surface area contributed by atoms with E-state index in [1.807, 2.05) is 72.8 Å². The minimum Gasteiger partial charge on any atom is -0.454 e. The molecule has 0 saturated heterocycles. The van der Waals surface area contributed by atoms with E-state index in [0.717, 1.165) is 16.7 Å². The van der Waals surface area contributed by atoms with Gasteiger partial charge in [-0.2, -0.15) is 4.98 Å². The van der Waals surface area contributed by atoms with Crippen LogP contribution >= 0.6 is 0 Å². The number of aromatic nitrogens is 2. The molecule has 0 aliphatic rings. The lowest BCUT2D eigenvalue weighted by molar-refractivity contribution is -0.144. The molecule has 0 saturated carbocycles. The summed E-state index contributed by atoms with van der Waals surface area (Å²) in [6.45, 7) is -0.431. The lowest BCUT2D eigenvalue weighted by atomic mass is 10.0. The summed E-state index contributed by atoms with van der Waals surface area (Å²) in [5.74, 6) is -0.372. The molecule has 0 unspecified atom stereocenters. The third-order valence-electron chi connectivity index (χ3n) is 4.50.